The van der Waals surface area contributed by atoms with E-state index in [9.17, 15) is 0 Å². The summed E-state index contributed by atoms with van der Waals surface area (Å²) in [4.78, 5) is 2.56. The van der Waals surface area contributed by atoms with Crippen LogP contribution in [-0.4, -0.2) is 13.1 Å². The molecule has 3 rings (SSSR count). The molecule has 2 atom stereocenters. The van der Waals surface area contributed by atoms with E-state index in [4.69, 9.17) is 5.73 Å². The molecule has 1 fully saturated rings. The lowest BCUT2D eigenvalue weighted by Crippen LogP contribution is -2.38. The maximum atomic E-state index is 5.87. The Morgan fingerprint density at radius 2 is 1.65 bits per heavy atom. The van der Waals surface area contributed by atoms with Crippen molar-refractivity contribution in [2.75, 3.05) is 18.0 Å². The molecular formula is C18H24N2. The molecule has 1 heterocycles. The van der Waals surface area contributed by atoms with E-state index in [0.29, 0.717) is 6.54 Å². The number of hydrogen-bond acceptors (Lipinski definition) is 2. The van der Waals surface area contributed by atoms with E-state index in [-0.39, 0.29) is 0 Å². The summed E-state index contributed by atoms with van der Waals surface area (Å²) in [6, 6.07) is 13.1. The van der Waals surface area contributed by atoms with Crippen molar-refractivity contribution < 1.29 is 0 Å². The number of piperidine rings is 1. The minimum Gasteiger partial charge on any atom is -0.370 e. The Labute approximate surface area is 121 Å². The molecule has 0 radical (unpaired) electrons. The number of hydrogen-bond donors (Lipinski definition) is 1. The molecule has 0 amide bonds. The van der Waals surface area contributed by atoms with Crippen LogP contribution < -0.4 is 10.6 Å². The monoisotopic (exact) mass is 268 g/mol. The van der Waals surface area contributed by atoms with E-state index < -0.39 is 0 Å². The molecule has 20 heavy (non-hydrogen) atoms. The van der Waals surface area contributed by atoms with E-state index >= 15 is 0 Å². The smallest absolute Gasteiger partial charge is 0.0446 e. The van der Waals surface area contributed by atoms with Gasteiger partial charge in [0.1, 0.15) is 0 Å². The summed E-state index contributed by atoms with van der Waals surface area (Å²) in [6.07, 6.45) is 1.34. The number of rotatable bonds is 2. The first kappa shape index (κ1) is 13.4. The minimum atomic E-state index is 0.605. The first-order valence-corrected chi connectivity index (χ1v) is 7.64. The number of fused-ring (bicyclic) bond motifs is 1. The maximum absolute atomic E-state index is 5.87. The Hall–Kier alpha value is -1.54. The first-order chi connectivity index (χ1) is 9.69. The molecule has 1 saturated heterocycles. The topological polar surface area (TPSA) is 29.3 Å². The highest BCUT2D eigenvalue weighted by molar-refractivity contribution is 5.96. The average Bonchev–Trinajstić information content (AvgIpc) is 2.45. The molecule has 0 aromatic heterocycles. The van der Waals surface area contributed by atoms with Gasteiger partial charge in [-0.05, 0) is 35.3 Å². The van der Waals surface area contributed by atoms with Crippen molar-refractivity contribution in [2.45, 2.75) is 26.8 Å². The number of anilines is 1. The molecule has 2 unspecified atom stereocenters. The fourth-order valence-corrected chi connectivity index (χ4v) is 3.66. The van der Waals surface area contributed by atoms with Crippen LogP contribution in [0.4, 0.5) is 5.69 Å². The largest absolute Gasteiger partial charge is 0.370 e. The van der Waals surface area contributed by atoms with Crippen molar-refractivity contribution in [3.8, 4) is 0 Å². The molecule has 2 aromatic rings. The van der Waals surface area contributed by atoms with Crippen LogP contribution in [0.1, 0.15) is 25.8 Å². The van der Waals surface area contributed by atoms with Crippen molar-refractivity contribution in [1.29, 1.82) is 0 Å². The highest BCUT2D eigenvalue weighted by Gasteiger charge is 2.23. The fraction of sp³-hybridized carbons (Fsp3) is 0.444. The Bertz CT molecular complexity index is 595. The van der Waals surface area contributed by atoms with Crippen LogP contribution in [0.3, 0.4) is 0 Å². The van der Waals surface area contributed by atoms with Gasteiger partial charge in [-0.25, -0.2) is 0 Å². The van der Waals surface area contributed by atoms with Gasteiger partial charge in [0.05, 0.1) is 0 Å². The molecule has 2 nitrogen and oxygen atoms in total. The highest BCUT2D eigenvalue weighted by atomic mass is 15.1. The van der Waals surface area contributed by atoms with E-state index in [0.717, 1.165) is 24.9 Å². The Balaban J connectivity index is 2.08. The van der Waals surface area contributed by atoms with Gasteiger partial charge in [-0.15, -0.1) is 0 Å². The molecule has 1 aliphatic rings. The molecule has 2 N–H and O–H groups in total. The lowest BCUT2D eigenvalue weighted by Gasteiger charge is -2.37. The zero-order valence-corrected chi connectivity index (χ0v) is 12.5. The van der Waals surface area contributed by atoms with Crippen LogP contribution in [-0.2, 0) is 6.54 Å². The summed E-state index contributed by atoms with van der Waals surface area (Å²) >= 11 is 0. The van der Waals surface area contributed by atoms with Gasteiger partial charge in [0.2, 0.25) is 0 Å². The van der Waals surface area contributed by atoms with Gasteiger partial charge in [-0.1, -0.05) is 44.2 Å². The van der Waals surface area contributed by atoms with Gasteiger partial charge < -0.3 is 10.6 Å². The van der Waals surface area contributed by atoms with Crippen LogP contribution in [0.5, 0.6) is 0 Å². The van der Waals surface area contributed by atoms with Gasteiger partial charge in [-0.3, -0.25) is 0 Å². The third-order valence-electron chi connectivity index (χ3n) is 4.42. The summed E-state index contributed by atoms with van der Waals surface area (Å²) in [6.45, 7) is 7.65. The van der Waals surface area contributed by atoms with Crippen molar-refractivity contribution in [3.05, 3.63) is 42.0 Å². The van der Waals surface area contributed by atoms with Crippen molar-refractivity contribution in [3.63, 3.8) is 0 Å². The summed E-state index contributed by atoms with van der Waals surface area (Å²) in [5.74, 6) is 1.54. The third-order valence-corrected chi connectivity index (χ3v) is 4.42. The van der Waals surface area contributed by atoms with Crippen molar-refractivity contribution in [1.82, 2.24) is 0 Å². The summed E-state index contributed by atoms with van der Waals surface area (Å²) in [5, 5.41) is 2.65. The number of nitrogens with two attached hydrogens (primary N) is 1. The maximum Gasteiger partial charge on any atom is 0.0446 e. The Kier molecular flexibility index (Phi) is 3.66. The van der Waals surface area contributed by atoms with Crippen molar-refractivity contribution >= 4 is 16.5 Å². The predicted molar refractivity (Wildman–Crippen MR) is 87.0 cm³/mol. The normalized spacial score (nSPS) is 23.2. The van der Waals surface area contributed by atoms with Crippen LogP contribution in [0.15, 0.2) is 36.4 Å². The fourth-order valence-electron chi connectivity index (χ4n) is 3.66. The molecule has 0 spiro atoms. The molecule has 0 saturated carbocycles. The van der Waals surface area contributed by atoms with Gasteiger partial charge in [-0.2, -0.15) is 0 Å². The molecular weight excluding hydrogens is 244 g/mol. The molecule has 2 aromatic carbocycles. The minimum absolute atomic E-state index is 0.605. The number of benzene rings is 2. The predicted octanol–water partition coefficient (Wildman–Crippen LogP) is 3.78. The second-order valence-corrected chi connectivity index (χ2v) is 6.34. The van der Waals surface area contributed by atoms with E-state index in [1.165, 1.54) is 28.4 Å². The Morgan fingerprint density at radius 3 is 2.30 bits per heavy atom. The zero-order valence-electron chi connectivity index (χ0n) is 12.5. The highest BCUT2D eigenvalue weighted by Crippen LogP contribution is 2.33. The lowest BCUT2D eigenvalue weighted by molar-refractivity contribution is 0.357. The molecule has 0 aliphatic carbocycles. The summed E-state index contributed by atoms with van der Waals surface area (Å²) in [7, 11) is 0. The van der Waals surface area contributed by atoms with E-state index in [1.807, 2.05) is 0 Å². The van der Waals surface area contributed by atoms with Crippen LogP contribution in [0, 0.1) is 11.8 Å². The van der Waals surface area contributed by atoms with Crippen molar-refractivity contribution in [2.24, 2.45) is 17.6 Å². The van der Waals surface area contributed by atoms with Gasteiger partial charge in [0, 0.05) is 30.7 Å². The SMILES string of the molecule is CC1CC(C)CN(c2ccc(CN)c3ccccc23)C1. The molecule has 106 valence electrons. The van der Waals surface area contributed by atoms with Gasteiger partial charge in [0.25, 0.3) is 0 Å². The van der Waals surface area contributed by atoms with E-state index in [1.54, 1.807) is 0 Å². The molecule has 0 bridgehead atoms. The zero-order chi connectivity index (χ0) is 14.1. The van der Waals surface area contributed by atoms with Gasteiger partial charge >= 0.3 is 0 Å². The Morgan fingerprint density at radius 1 is 1.00 bits per heavy atom. The standard InChI is InChI=1S/C18H24N2/c1-13-9-14(2)12-20(11-13)18-8-7-15(10-19)16-5-3-4-6-17(16)18/h3-8,13-14H,9-12,19H2,1-2H3. The third kappa shape index (κ3) is 2.40. The quantitative estimate of drug-likeness (QED) is 0.898. The van der Waals surface area contributed by atoms with Crippen LogP contribution in [0.2, 0.25) is 0 Å². The lowest BCUT2D eigenvalue weighted by atomic mass is 9.90. The number of nitrogens with zero attached hydrogens (tertiary/aromatic N) is 1. The van der Waals surface area contributed by atoms with Crippen LogP contribution in [0.25, 0.3) is 10.8 Å². The first-order valence-electron chi connectivity index (χ1n) is 7.64. The summed E-state index contributed by atoms with van der Waals surface area (Å²) < 4.78 is 0. The van der Waals surface area contributed by atoms with E-state index in [2.05, 4.69) is 55.1 Å². The summed E-state index contributed by atoms with van der Waals surface area (Å²) in [5.41, 5.74) is 8.48. The molecule has 2 heteroatoms. The van der Waals surface area contributed by atoms with Gasteiger partial charge in [0.15, 0.2) is 0 Å². The second-order valence-electron chi connectivity index (χ2n) is 6.34. The average molecular weight is 268 g/mol. The second kappa shape index (κ2) is 5.45. The molecule has 1 aliphatic heterocycles. The van der Waals surface area contributed by atoms with Crippen LogP contribution >= 0.6 is 0 Å².